The number of amides is 1. The molecule has 2 heterocycles. The molecule has 1 atom stereocenters. The van der Waals surface area contributed by atoms with Gasteiger partial charge in [0, 0.05) is 5.69 Å². The maximum atomic E-state index is 12.5. The van der Waals surface area contributed by atoms with Crippen molar-refractivity contribution in [3.8, 4) is 11.5 Å². The van der Waals surface area contributed by atoms with Gasteiger partial charge < -0.3 is 14.2 Å². The molecule has 1 N–H and O–H groups in total. The number of nitrogens with zero attached hydrogens (tertiary/aromatic N) is 2. The fraction of sp³-hybridized carbons (Fsp3) is 0.316. The third-order valence-corrected chi connectivity index (χ3v) is 4.92. The van der Waals surface area contributed by atoms with Crippen LogP contribution in [-0.2, 0) is 4.79 Å². The van der Waals surface area contributed by atoms with Gasteiger partial charge in [0.1, 0.15) is 5.76 Å². The van der Waals surface area contributed by atoms with E-state index in [4.69, 9.17) is 8.83 Å². The number of para-hydroxylation sites is 1. The highest BCUT2D eigenvalue weighted by Gasteiger charge is 2.21. The topological polar surface area (TPSA) is 81.2 Å². The minimum atomic E-state index is -0.381. The van der Waals surface area contributed by atoms with E-state index in [9.17, 15) is 4.79 Å². The van der Waals surface area contributed by atoms with Crippen LogP contribution < -0.4 is 5.32 Å². The zero-order chi connectivity index (χ0) is 18.7. The highest BCUT2D eigenvalue weighted by Crippen LogP contribution is 2.29. The molecule has 0 aliphatic heterocycles. The van der Waals surface area contributed by atoms with Gasteiger partial charge in [-0.1, -0.05) is 43.8 Å². The number of carbonyl (C=O) groups is 1. The van der Waals surface area contributed by atoms with E-state index in [0.29, 0.717) is 22.8 Å². The fourth-order valence-electron chi connectivity index (χ4n) is 2.53. The number of furan rings is 1. The maximum absolute atomic E-state index is 12.5. The number of nitrogens with one attached hydrogen (secondary N) is 1. The van der Waals surface area contributed by atoms with Crippen molar-refractivity contribution in [2.45, 2.75) is 44.1 Å². The summed E-state index contributed by atoms with van der Waals surface area (Å²) in [6.45, 7) is 7.83. The van der Waals surface area contributed by atoms with E-state index in [1.54, 1.807) is 12.3 Å². The largest absolute Gasteiger partial charge is 0.469 e. The lowest BCUT2D eigenvalue weighted by Gasteiger charge is -2.15. The minimum Gasteiger partial charge on any atom is -0.469 e. The molecule has 7 heteroatoms. The van der Waals surface area contributed by atoms with Gasteiger partial charge in [-0.2, -0.15) is 0 Å². The average molecular weight is 371 g/mol. The molecule has 3 aromatic rings. The van der Waals surface area contributed by atoms with Gasteiger partial charge in [0.05, 0.1) is 17.1 Å². The van der Waals surface area contributed by atoms with Crippen molar-refractivity contribution in [1.82, 2.24) is 10.2 Å². The predicted octanol–water partition coefficient (Wildman–Crippen LogP) is 4.88. The number of benzene rings is 1. The Morgan fingerprint density at radius 2 is 1.92 bits per heavy atom. The van der Waals surface area contributed by atoms with Crippen LogP contribution in [0.3, 0.4) is 0 Å². The first-order valence-corrected chi connectivity index (χ1v) is 9.28. The first-order valence-electron chi connectivity index (χ1n) is 8.40. The zero-order valence-electron chi connectivity index (χ0n) is 15.1. The summed E-state index contributed by atoms with van der Waals surface area (Å²) in [5.41, 5.74) is 2.70. The highest BCUT2D eigenvalue weighted by atomic mass is 32.2. The zero-order valence-corrected chi connectivity index (χ0v) is 16.0. The monoisotopic (exact) mass is 371 g/mol. The maximum Gasteiger partial charge on any atom is 0.277 e. The van der Waals surface area contributed by atoms with Crippen LogP contribution in [0.4, 0.5) is 5.69 Å². The molecule has 0 bridgehead atoms. The third kappa shape index (κ3) is 3.99. The lowest BCUT2D eigenvalue weighted by molar-refractivity contribution is -0.115. The molecule has 1 amide bonds. The number of thioether (sulfide) groups is 1. The molecular weight excluding hydrogens is 350 g/mol. The normalized spacial score (nSPS) is 12.3. The summed E-state index contributed by atoms with van der Waals surface area (Å²) in [6.07, 6.45) is 1.57. The summed E-state index contributed by atoms with van der Waals surface area (Å²) in [5.74, 6) is 1.31. The quantitative estimate of drug-likeness (QED) is 0.622. The second kappa shape index (κ2) is 7.78. The van der Waals surface area contributed by atoms with Crippen molar-refractivity contribution >= 4 is 23.4 Å². The average Bonchev–Trinajstić information content (AvgIpc) is 3.23. The number of hydrogen-bond acceptors (Lipinski definition) is 6. The molecule has 0 aliphatic carbocycles. The number of aromatic nitrogens is 2. The van der Waals surface area contributed by atoms with Crippen LogP contribution in [0.5, 0.6) is 0 Å². The summed E-state index contributed by atoms with van der Waals surface area (Å²) in [6, 6.07) is 9.60. The van der Waals surface area contributed by atoms with Crippen LogP contribution in [-0.4, -0.2) is 21.4 Å². The molecule has 0 spiro atoms. The summed E-state index contributed by atoms with van der Waals surface area (Å²) in [5, 5.41) is 11.0. The first kappa shape index (κ1) is 18.3. The van der Waals surface area contributed by atoms with Crippen molar-refractivity contribution in [2.75, 3.05) is 5.32 Å². The van der Waals surface area contributed by atoms with Gasteiger partial charge in [-0.15, -0.1) is 10.2 Å². The number of carbonyl (C=O) groups excluding carboxylic acids is 1. The molecule has 136 valence electrons. The van der Waals surface area contributed by atoms with E-state index < -0.39 is 0 Å². The van der Waals surface area contributed by atoms with Crippen LogP contribution >= 0.6 is 11.8 Å². The van der Waals surface area contributed by atoms with Gasteiger partial charge in [0.15, 0.2) is 0 Å². The van der Waals surface area contributed by atoms with E-state index in [0.717, 1.165) is 16.8 Å². The van der Waals surface area contributed by atoms with Gasteiger partial charge in [0.25, 0.3) is 11.1 Å². The molecule has 1 unspecified atom stereocenters. The van der Waals surface area contributed by atoms with Crippen LogP contribution in [0.25, 0.3) is 11.5 Å². The van der Waals surface area contributed by atoms with Crippen molar-refractivity contribution < 1.29 is 13.6 Å². The van der Waals surface area contributed by atoms with E-state index in [1.807, 2.05) is 38.1 Å². The predicted molar refractivity (Wildman–Crippen MR) is 101 cm³/mol. The molecule has 0 fully saturated rings. The Kier molecular flexibility index (Phi) is 5.46. The van der Waals surface area contributed by atoms with Crippen LogP contribution in [0, 0.1) is 6.92 Å². The summed E-state index contributed by atoms with van der Waals surface area (Å²) < 4.78 is 10.9. The van der Waals surface area contributed by atoms with E-state index in [2.05, 4.69) is 29.4 Å². The smallest absolute Gasteiger partial charge is 0.277 e. The van der Waals surface area contributed by atoms with Crippen molar-refractivity contribution in [3.05, 3.63) is 47.9 Å². The van der Waals surface area contributed by atoms with E-state index in [-0.39, 0.29) is 11.2 Å². The number of hydrogen-bond donors (Lipinski definition) is 1. The number of anilines is 1. The lowest BCUT2D eigenvalue weighted by atomic mass is 10.0. The molecule has 3 rings (SSSR count). The molecule has 0 saturated heterocycles. The Labute approximate surface area is 156 Å². The fourth-order valence-corrected chi connectivity index (χ4v) is 3.21. The van der Waals surface area contributed by atoms with Crippen molar-refractivity contribution in [3.63, 3.8) is 0 Å². The van der Waals surface area contributed by atoms with Gasteiger partial charge >= 0.3 is 0 Å². The SMILES string of the molecule is Cc1occc1-c1nnc(SC(C)C(=O)Nc2ccccc2C(C)C)o1. The summed E-state index contributed by atoms with van der Waals surface area (Å²) >= 11 is 1.23. The molecule has 26 heavy (non-hydrogen) atoms. The minimum absolute atomic E-state index is 0.109. The van der Waals surface area contributed by atoms with E-state index in [1.165, 1.54) is 11.8 Å². The molecule has 0 aliphatic rings. The van der Waals surface area contributed by atoms with Gasteiger partial charge in [-0.25, -0.2) is 0 Å². The Balaban J connectivity index is 1.67. The highest BCUT2D eigenvalue weighted by molar-refractivity contribution is 8.00. The molecule has 0 saturated carbocycles. The van der Waals surface area contributed by atoms with Crippen LogP contribution in [0.2, 0.25) is 0 Å². The van der Waals surface area contributed by atoms with Gasteiger partial charge in [-0.05, 0) is 37.5 Å². The number of aryl methyl sites for hydroxylation is 1. The standard InChI is InChI=1S/C19H21N3O3S/c1-11(2)14-7-5-6-8-16(14)20-17(23)13(4)26-19-22-21-18(25-19)15-9-10-24-12(15)3/h5-11,13H,1-4H3,(H,20,23). The number of rotatable bonds is 6. The molecule has 6 nitrogen and oxygen atoms in total. The Morgan fingerprint density at radius 1 is 1.15 bits per heavy atom. The Morgan fingerprint density at radius 3 is 2.62 bits per heavy atom. The molecule has 0 radical (unpaired) electrons. The Hall–Kier alpha value is -2.54. The molecule has 2 aromatic heterocycles. The second-order valence-corrected chi connectivity index (χ2v) is 7.55. The summed E-state index contributed by atoms with van der Waals surface area (Å²) in [7, 11) is 0. The van der Waals surface area contributed by atoms with E-state index >= 15 is 0 Å². The van der Waals surface area contributed by atoms with Crippen molar-refractivity contribution in [2.24, 2.45) is 0 Å². The second-order valence-electron chi connectivity index (χ2n) is 6.25. The first-order chi connectivity index (χ1) is 12.5. The van der Waals surface area contributed by atoms with Crippen molar-refractivity contribution in [1.29, 1.82) is 0 Å². The molecular formula is C19H21N3O3S. The van der Waals surface area contributed by atoms with Gasteiger partial charge in [0.2, 0.25) is 5.91 Å². The van der Waals surface area contributed by atoms with Crippen LogP contribution in [0.15, 0.2) is 50.7 Å². The lowest BCUT2D eigenvalue weighted by Crippen LogP contribution is -2.23. The van der Waals surface area contributed by atoms with Gasteiger partial charge in [-0.3, -0.25) is 4.79 Å². The Bertz CT molecular complexity index is 901. The molecule has 1 aromatic carbocycles. The third-order valence-electron chi connectivity index (χ3n) is 3.98. The summed E-state index contributed by atoms with van der Waals surface area (Å²) in [4.78, 5) is 12.5. The van der Waals surface area contributed by atoms with Crippen LogP contribution in [0.1, 0.15) is 38.0 Å².